The summed E-state index contributed by atoms with van der Waals surface area (Å²) in [6.07, 6.45) is 4.15. The van der Waals surface area contributed by atoms with Crippen LogP contribution in [0.1, 0.15) is 23.8 Å². The molecule has 0 saturated carbocycles. The minimum atomic E-state index is -1.11. The number of hydrogen-bond acceptors (Lipinski definition) is 5. The number of carboxylic acids is 1. The zero-order chi connectivity index (χ0) is 13.0. The molecule has 18 heavy (non-hydrogen) atoms. The lowest BCUT2D eigenvalue weighted by molar-refractivity contribution is 0.0689. The van der Waals surface area contributed by atoms with Gasteiger partial charge in [-0.2, -0.15) is 5.10 Å². The van der Waals surface area contributed by atoms with Crippen LogP contribution in [0.25, 0.3) is 5.82 Å². The Morgan fingerprint density at radius 1 is 1.44 bits per heavy atom. The van der Waals surface area contributed by atoms with Crippen molar-refractivity contribution in [3.8, 4) is 11.6 Å². The van der Waals surface area contributed by atoms with Crippen molar-refractivity contribution in [1.82, 2.24) is 20.0 Å². The fourth-order valence-corrected chi connectivity index (χ4v) is 1.29. The molecule has 7 heteroatoms. The minimum Gasteiger partial charge on any atom is -0.490 e. The first kappa shape index (κ1) is 12.0. The molecule has 94 valence electrons. The highest BCUT2D eigenvalue weighted by atomic mass is 16.5. The van der Waals surface area contributed by atoms with E-state index in [1.54, 1.807) is 12.4 Å². The first-order chi connectivity index (χ1) is 8.70. The molecule has 1 N–H and O–H groups in total. The SMILES string of the molecule is CCCOc1cnn(-c2ccc(C(=O)O)nn2)c1. The average Bonchev–Trinajstić information content (AvgIpc) is 2.85. The number of hydrogen-bond donors (Lipinski definition) is 1. The van der Waals surface area contributed by atoms with Crippen LogP contribution < -0.4 is 4.74 Å². The zero-order valence-electron chi connectivity index (χ0n) is 9.78. The predicted octanol–water partition coefficient (Wildman–Crippen LogP) is 1.15. The number of rotatable bonds is 5. The standard InChI is InChI=1S/C11H12N4O3/c1-2-5-18-8-6-12-15(7-8)10-4-3-9(11(16)17)13-14-10/h3-4,6-7H,2,5H2,1H3,(H,16,17). The molecule has 0 saturated heterocycles. The van der Waals surface area contributed by atoms with Crippen molar-refractivity contribution >= 4 is 5.97 Å². The van der Waals surface area contributed by atoms with Gasteiger partial charge in [0.1, 0.15) is 0 Å². The Bertz CT molecular complexity index is 535. The maximum atomic E-state index is 10.6. The molecule has 0 radical (unpaired) electrons. The van der Waals surface area contributed by atoms with Crippen LogP contribution in [0.3, 0.4) is 0 Å². The number of nitrogens with zero attached hydrogens (tertiary/aromatic N) is 4. The lowest BCUT2D eigenvalue weighted by atomic mass is 10.4. The number of ether oxygens (including phenoxy) is 1. The fraction of sp³-hybridized carbons (Fsp3) is 0.273. The second kappa shape index (κ2) is 5.26. The highest BCUT2D eigenvalue weighted by Gasteiger charge is 2.07. The van der Waals surface area contributed by atoms with Gasteiger partial charge in [0.2, 0.25) is 0 Å². The lowest BCUT2D eigenvalue weighted by Gasteiger charge is -2.00. The maximum Gasteiger partial charge on any atom is 0.356 e. The van der Waals surface area contributed by atoms with E-state index in [1.807, 2.05) is 6.92 Å². The van der Waals surface area contributed by atoms with Crippen molar-refractivity contribution in [2.45, 2.75) is 13.3 Å². The van der Waals surface area contributed by atoms with Crippen molar-refractivity contribution in [2.75, 3.05) is 6.61 Å². The first-order valence-electron chi connectivity index (χ1n) is 5.45. The molecule has 7 nitrogen and oxygen atoms in total. The van der Waals surface area contributed by atoms with Crippen LogP contribution in [0, 0.1) is 0 Å². The summed E-state index contributed by atoms with van der Waals surface area (Å²) in [4.78, 5) is 10.6. The Morgan fingerprint density at radius 3 is 2.89 bits per heavy atom. The Balaban J connectivity index is 2.15. The molecule has 2 aromatic heterocycles. The molecule has 0 aliphatic carbocycles. The van der Waals surface area contributed by atoms with E-state index in [2.05, 4.69) is 15.3 Å². The largest absolute Gasteiger partial charge is 0.490 e. The van der Waals surface area contributed by atoms with Gasteiger partial charge in [0.25, 0.3) is 0 Å². The van der Waals surface area contributed by atoms with Crippen LogP contribution in [0.15, 0.2) is 24.5 Å². The number of aromatic carboxylic acids is 1. The monoisotopic (exact) mass is 248 g/mol. The maximum absolute atomic E-state index is 10.6. The third-order valence-electron chi connectivity index (χ3n) is 2.14. The van der Waals surface area contributed by atoms with Crippen LogP contribution in [0.4, 0.5) is 0 Å². The summed E-state index contributed by atoms with van der Waals surface area (Å²) in [5.74, 6) is -0.0335. The van der Waals surface area contributed by atoms with Crippen LogP contribution in [0.2, 0.25) is 0 Å². The van der Waals surface area contributed by atoms with E-state index in [0.717, 1.165) is 6.42 Å². The van der Waals surface area contributed by atoms with Gasteiger partial charge in [0.15, 0.2) is 17.3 Å². The number of carbonyl (C=O) groups is 1. The van der Waals surface area contributed by atoms with Gasteiger partial charge >= 0.3 is 5.97 Å². The molecule has 2 rings (SSSR count). The molecule has 0 aliphatic rings. The third kappa shape index (κ3) is 2.62. The number of carboxylic acid groups (broad SMARTS) is 1. The second-order valence-electron chi connectivity index (χ2n) is 3.55. The van der Waals surface area contributed by atoms with Gasteiger partial charge in [-0.3, -0.25) is 0 Å². The van der Waals surface area contributed by atoms with Gasteiger partial charge in [-0.05, 0) is 18.6 Å². The van der Waals surface area contributed by atoms with Crippen molar-refractivity contribution in [3.63, 3.8) is 0 Å². The first-order valence-corrected chi connectivity index (χ1v) is 5.45. The van der Waals surface area contributed by atoms with E-state index in [0.29, 0.717) is 18.2 Å². The molecule has 0 atom stereocenters. The topological polar surface area (TPSA) is 90.1 Å². The predicted molar refractivity (Wildman–Crippen MR) is 61.9 cm³/mol. The molecule has 0 aromatic carbocycles. The molecule has 0 aliphatic heterocycles. The van der Waals surface area contributed by atoms with E-state index < -0.39 is 5.97 Å². The fourth-order valence-electron chi connectivity index (χ4n) is 1.29. The quantitative estimate of drug-likeness (QED) is 0.853. The minimum absolute atomic E-state index is 0.103. The van der Waals surface area contributed by atoms with Crippen molar-refractivity contribution in [2.24, 2.45) is 0 Å². The average molecular weight is 248 g/mol. The summed E-state index contributed by atoms with van der Waals surface area (Å²) < 4.78 is 6.87. The summed E-state index contributed by atoms with van der Waals surface area (Å²) in [5, 5.41) is 20.1. The summed E-state index contributed by atoms with van der Waals surface area (Å²) in [6, 6.07) is 2.91. The van der Waals surface area contributed by atoms with Gasteiger partial charge in [-0.15, -0.1) is 10.2 Å². The highest BCUT2D eigenvalue weighted by Crippen LogP contribution is 2.12. The van der Waals surface area contributed by atoms with Crippen LogP contribution >= 0.6 is 0 Å². The van der Waals surface area contributed by atoms with Crippen LogP contribution in [-0.4, -0.2) is 37.7 Å². The molecule has 0 unspecified atom stereocenters. The van der Waals surface area contributed by atoms with Crippen molar-refractivity contribution in [3.05, 3.63) is 30.2 Å². The second-order valence-corrected chi connectivity index (χ2v) is 3.55. The van der Waals surface area contributed by atoms with E-state index in [4.69, 9.17) is 9.84 Å². The molecule has 0 fully saturated rings. The van der Waals surface area contributed by atoms with E-state index in [1.165, 1.54) is 16.8 Å². The summed E-state index contributed by atoms with van der Waals surface area (Å²) >= 11 is 0. The Kier molecular flexibility index (Phi) is 3.52. The normalized spacial score (nSPS) is 10.3. The molecular formula is C11H12N4O3. The third-order valence-corrected chi connectivity index (χ3v) is 2.14. The van der Waals surface area contributed by atoms with E-state index in [9.17, 15) is 4.79 Å². The van der Waals surface area contributed by atoms with Crippen LogP contribution in [-0.2, 0) is 0 Å². The smallest absolute Gasteiger partial charge is 0.356 e. The summed E-state index contributed by atoms with van der Waals surface area (Å²) in [6.45, 7) is 2.63. The van der Waals surface area contributed by atoms with Gasteiger partial charge in [0, 0.05) is 0 Å². The zero-order valence-corrected chi connectivity index (χ0v) is 9.78. The molecular weight excluding hydrogens is 236 g/mol. The van der Waals surface area contributed by atoms with Crippen molar-refractivity contribution in [1.29, 1.82) is 0 Å². The van der Waals surface area contributed by atoms with Gasteiger partial charge in [0.05, 0.1) is 19.0 Å². The lowest BCUT2D eigenvalue weighted by Crippen LogP contribution is -2.05. The van der Waals surface area contributed by atoms with Gasteiger partial charge in [-0.25, -0.2) is 9.48 Å². The van der Waals surface area contributed by atoms with Gasteiger partial charge < -0.3 is 9.84 Å². The highest BCUT2D eigenvalue weighted by molar-refractivity contribution is 5.85. The van der Waals surface area contributed by atoms with Crippen molar-refractivity contribution < 1.29 is 14.6 Å². The molecule has 2 aromatic rings. The van der Waals surface area contributed by atoms with Crippen LogP contribution in [0.5, 0.6) is 5.75 Å². The summed E-state index contributed by atoms with van der Waals surface area (Å²) in [5.41, 5.74) is -0.103. The van der Waals surface area contributed by atoms with E-state index in [-0.39, 0.29) is 5.69 Å². The molecule has 0 bridgehead atoms. The van der Waals surface area contributed by atoms with E-state index >= 15 is 0 Å². The molecule has 0 amide bonds. The Labute approximate surface area is 103 Å². The summed E-state index contributed by atoms with van der Waals surface area (Å²) in [7, 11) is 0. The molecule has 0 spiro atoms. The number of aromatic nitrogens is 4. The molecule has 2 heterocycles. The van der Waals surface area contributed by atoms with Gasteiger partial charge in [-0.1, -0.05) is 6.92 Å². The Morgan fingerprint density at radius 2 is 2.28 bits per heavy atom. The Hall–Kier alpha value is -2.44.